The molecule has 1 aliphatic carbocycles. The number of hydrogen-bond acceptors (Lipinski definition) is 1. The van der Waals surface area contributed by atoms with Crippen LogP contribution in [-0.2, 0) is 5.54 Å². The van der Waals surface area contributed by atoms with Crippen LogP contribution in [0.3, 0.4) is 0 Å². The van der Waals surface area contributed by atoms with Crippen molar-refractivity contribution in [3.63, 3.8) is 0 Å². The first-order valence-corrected chi connectivity index (χ1v) is 18.2. The second kappa shape index (κ2) is 12.8. The van der Waals surface area contributed by atoms with Crippen LogP contribution in [0.5, 0.6) is 0 Å². The lowest BCUT2D eigenvalue weighted by Crippen LogP contribution is -2.29. The van der Waals surface area contributed by atoms with Crippen LogP contribution in [0.1, 0.15) is 27.2 Å². The van der Waals surface area contributed by atoms with Crippen molar-refractivity contribution in [1.29, 1.82) is 0 Å². The maximum absolute atomic E-state index is 3.22. The number of aromatic nitrogens is 1. The molecule has 0 aliphatic heterocycles. The van der Waals surface area contributed by atoms with E-state index in [1.807, 2.05) is 0 Å². The van der Waals surface area contributed by atoms with Crippen molar-refractivity contribution in [3.05, 3.63) is 181 Å². The van der Waals surface area contributed by atoms with E-state index < -0.39 is 0 Å². The summed E-state index contributed by atoms with van der Waals surface area (Å²) >= 11 is 0. The number of benzene rings is 7. The van der Waals surface area contributed by atoms with Gasteiger partial charge < -0.3 is 9.47 Å². The summed E-state index contributed by atoms with van der Waals surface area (Å²) in [7, 11) is 0. The summed E-state index contributed by atoms with van der Waals surface area (Å²) in [5.41, 5.74) is 18.5. The van der Waals surface area contributed by atoms with Gasteiger partial charge in [0.25, 0.3) is 0 Å². The number of fused-ring (bicyclic) bond motifs is 4. The Kier molecular flexibility index (Phi) is 7.79. The van der Waals surface area contributed by atoms with Crippen LogP contribution in [0.4, 0.5) is 11.4 Å². The number of rotatable bonds is 6. The molecule has 0 radical (unpaired) electrons. The van der Waals surface area contributed by atoms with Crippen molar-refractivity contribution in [2.45, 2.75) is 38.8 Å². The van der Waals surface area contributed by atoms with Gasteiger partial charge in [-0.2, -0.15) is 0 Å². The van der Waals surface area contributed by atoms with E-state index in [2.05, 4.69) is 212 Å². The largest absolute Gasteiger partial charge is 0.335 e. The number of hydrogen-bond donors (Lipinski definition) is 0. The standard InChI is InChI=1S/C50H40N2/c1-50(2,3)52-48-21-13-12-20-46(48)47-34-38(26-33-49(47)52)43-32-31-42(44-18-10-11-19-45(43)44)37-24-29-41(30-25-37)51(39-16-8-5-9-17-39)40-27-22-36(23-28-40)35-14-6-4-7-15-35/h4,6-8,10-15,17-34,39H,16H2,1-3H3. The SMILES string of the molecule is CC(C)(C)n1c2ccccc2c2cc(-c3ccc(-c4ccc(N(c5ccc(-c6ccccc6)cc5)C5C=C=C=CC5)cc4)c4ccccc34)ccc21. The van der Waals surface area contributed by atoms with Gasteiger partial charge in [0.15, 0.2) is 0 Å². The lowest BCUT2D eigenvalue weighted by atomic mass is 9.91. The molecule has 7 aromatic carbocycles. The number of anilines is 2. The quantitative estimate of drug-likeness (QED) is 0.160. The molecule has 52 heavy (non-hydrogen) atoms. The Balaban J connectivity index is 1.09. The highest BCUT2D eigenvalue weighted by Crippen LogP contribution is 2.41. The van der Waals surface area contributed by atoms with Crippen LogP contribution >= 0.6 is 0 Å². The maximum Gasteiger partial charge on any atom is 0.0643 e. The summed E-state index contributed by atoms with van der Waals surface area (Å²) in [6, 6.07) is 57.9. The predicted octanol–water partition coefficient (Wildman–Crippen LogP) is 13.5. The van der Waals surface area contributed by atoms with E-state index in [9.17, 15) is 0 Å². The van der Waals surface area contributed by atoms with Crippen molar-refractivity contribution in [2.24, 2.45) is 0 Å². The fraction of sp³-hybridized carbons (Fsp3) is 0.120. The molecular weight excluding hydrogens is 629 g/mol. The van der Waals surface area contributed by atoms with E-state index in [-0.39, 0.29) is 11.6 Å². The highest BCUT2D eigenvalue weighted by Gasteiger charge is 2.22. The average molecular weight is 669 g/mol. The Hall–Kier alpha value is -6.30. The number of nitrogens with zero attached hydrogens (tertiary/aromatic N) is 2. The van der Waals surface area contributed by atoms with Gasteiger partial charge in [-0.15, -0.1) is 0 Å². The molecule has 0 fully saturated rings. The first-order chi connectivity index (χ1) is 25.4. The normalized spacial score (nSPS) is 14.1. The Morgan fingerprint density at radius 3 is 1.67 bits per heavy atom. The molecule has 1 aromatic heterocycles. The minimum Gasteiger partial charge on any atom is -0.335 e. The van der Waals surface area contributed by atoms with Crippen LogP contribution in [0.2, 0.25) is 0 Å². The monoisotopic (exact) mass is 668 g/mol. The zero-order valence-corrected chi connectivity index (χ0v) is 29.8. The molecule has 0 spiro atoms. The molecule has 0 amide bonds. The van der Waals surface area contributed by atoms with E-state index in [0.29, 0.717) is 0 Å². The first-order valence-electron chi connectivity index (χ1n) is 18.2. The zero-order valence-electron chi connectivity index (χ0n) is 29.8. The summed E-state index contributed by atoms with van der Waals surface area (Å²) in [5.74, 6) is 0. The topological polar surface area (TPSA) is 8.17 Å². The minimum absolute atomic E-state index is 0.0298. The van der Waals surface area contributed by atoms with Crippen LogP contribution in [-0.4, -0.2) is 10.6 Å². The van der Waals surface area contributed by atoms with Crippen molar-refractivity contribution in [3.8, 4) is 33.4 Å². The van der Waals surface area contributed by atoms with Gasteiger partial charge in [0, 0.05) is 38.7 Å². The van der Waals surface area contributed by atoms with Crippen LogP contribution < -0.4 is 4.90 Å². The van der Waals surface area contributed by atoms with Gasteiger partial charge in [-0.1, -0.05) is 127 Å². The van der Waals surface area contributed by atoms with E-state index in [4.69, 9.17) is 0 Å². The molecule has 0 N–H and O–H groups in total. The Bertz CT molecular complexity index is 2690. The smallest absolute Gasteiger partial charge is 0.0643 e. The van der Waals surface area contributed by atoms with Crippen LogP contribution in [0.15, 0.2) is 181 Å². The Morgan fingerprint density at radius 1 is 0.500 bits per heavy atom. The van der Waals surface area contributed by atoms with Gasteiger partial charge in [-0.25, -0.2) is 0 Å². The van der Waals surface area contributed by atoms with E-state index in [0.717, 1.165) is 17.8 Å². The molecule has 0 bridgehead atoms. The molecular formula is C50H40N2. The Labute approximate surface area is 305 Å². The van der Waals surface area contributed by atoms with Crippen LogP contribution in [0.25, 0.3) is 66.0 Å². The van der Waals surface area contributed by atoms with E-state index in [1.165, 1.54) is 66.0 Å². The van der Waals surface area contributed by atoms with E-state index in [1.54, 1.807) is 0 Å². The fourth-order valence-electron chi connectivity index (χ4n) is 8.08. The van der Waals surface area contributed by atoms with Gasteiger partial charge >= 0.3 is 0 Å². The molecule has 1 heterocycles. The summed E-state index contributed by atoms with van der Waals surface area (Å²) in [6.45, 7) is 6.86. The minimum atomic E-state index is -0.0298. The molecule has 0 saturated heterocycles. The maximum atomic E-state index is 3.22. The van der Waals surface area contributed by atoms with Crippen molar-refractivity contribution >= 4 is 44.0 Å². The summed E-state index contributed by atoms with van der Waals surface area (Å²) in [5, 5.41) is 5.11. The van der Waals surface area contributed by atoms with Crippen molar-refractivity contribution < 1.29 is 0 Å². The summed E-state index contributed by atoms with van der Waals surface area (Å²) < 4.78 is 2.48. The zero-order chi connectivity index (χ0) is 35.2. The third-order valence-electron chi connectivity index (χ3n) is 10.4. The second-order valence-electron chi connectivity index (χ2n) is 14.8. The summed E-state index contributed by atoms with van der Waals surface area (Å²) in [4.78, 5) is 2.41. The molecule has 1 unspecified atom stereocenters. The van der Waals surface area contributed by atoms with Gasteiger partial charge in [-0.3, -0.25) is 0 Å². The second-order valence-corrected chi connectivity index (χ2v) is 14.8. The first kappa shape index (κ1) is 31.7. The van der Waals surface area contributed by atoms with Gasteiger partial charge in [0.1, 0.15) is 0 Å². The molecule has 1 aliphatic rings. The lowest BCUT2D eigenvalue weighted by molar-refractivity contribution is 0.423. The molecule has 1 atom stereocenters. The highest BCUT2D eigenvalue weighted by molar-refractivity contribution is 6.11. The van der Waals surface area contributed by atoms with Gasteiger partial charge in [0.2, 0.25) is 0 Å². The molecule has 0 saturated carbocycles. The molecule has 250 valence electrons. The third-order valence-corrected chi connectivity index (χ3v) is 10.4. The Morgan fingerprint density at radius 2 is 1.04 bits per heavy atom. The number of para-hydroxylation sites is 1. The highest BCUT2D eigenvalue weighted by atomic mass is 15.2. The predicted molar refractivity (Wildman–Crippen MR) is 221 cm³/mol. The van der Waals surface area contributed by atoms with Crippen LogP contribution in [0, 0.1) is 0 Å². The fourth-order valence-corrected chi connectivity index (χ4v) is 8.08. The van der Waals surface area contributed by atoms with Crippen molar-refractivity contribution in [1.82, 2.24) is 4.57 Å². The van der Waals surface area contributed by atoms with Gasteiger partial charge in [-0.05, 0) is 126 Å². The molecule has 9 rings (SSSR count). The molecule has 8 aromatic rings. The van der Waals surface area contributed by atoms with Crippen molar-refractivity contribution in [2.75, 3.05) is 4.90 Å². The lowest BCUT2D eigenvalue weighted by Gasteiger charge is -2.32. The third kappa shape index (κ3) is 5.56. The molecule has 2 nitrogen and oxygen atoms in total. The molecule has 2 heteroatoms. The van der Waals surface area contributed by atoms with E-state index >= 15 is 0 Å². The average Bonchev–Trinajstić information content (AvgIpc) is 3.53. The summed E-state index contributed by atoms with van der Waals surface area (Å²) in [6.07, 6.45) is 5.09. The van der Waals surface area contributed by atoms with Gasteiger partial charge in [0.05, 0.1) is 6.04 Å².